The standard InChI is InChI=1S/C17H10BrClIN3O3/c18-9-1-6-14(13(19)7-9)21-8-12-15(24)22-17(26)23(16(12)25)11-4-2-10(20)3-5-11/h1-8,12H,(H,22,24,26)/t12-/m0/s1. The molecule has 6 nitrogen and oxygen atoms in total. The molecule has 1 aliphatic heterocycles. The van der Waals surface area contributed by atoms with Gasteiger partial charge in [-0.05, 0) is 65.1 Å². The first-order valence-corrected chi connectivity index (χ1v) is 9.55. The Kier molecular flexibility index (Phi) is 5.73. The summed E-state index contributed by atoms with van der Waals surface area (Å²) >= 11 is 11.5. The zero-order valence-electron chi connectivity index (χ0n) is 12.9. The number of halogens is 3. The van der Waals surface area contributed by atoms with Crippen molar-refractivity contribution in [2.75, 3.05) is 4.90 Å². The van der Waals surface area contributed by atoms with Crippen LogP contribution in [-0.2, 0) is 9.59 Å². The maximum absolute atomic E-state index is 12.7. The third-order valence-electron chi connectivity index (χ3n) is 3.56. The van der Waals surface area contributed by atoms with E-state index in [-0.39, 0.29) is 0 Å². The van der Waals surface area contributed by atoms with Gasteiger partial charge in [-0.2, -0.15) is 0 Å². The number of hydrogen-bond donors (Lipinski definition) is 1. The Labute approximate surface area is 175 Å². The molecule has 9 heteroatoms. The number of nitrogens with zero attached hydrogens (tertiary/aromatic N) is 2. The third kappa shape index (κ3) is 3.97. The average Bonchev–Trinajstić information content (AvgIpc) is 2.57. The largest absolute Gasteiger partial charge is 0.335 e. The molecule has 0 aliphatic carbocycles. The second-order valence-electron chi connectivity index (χ2n) is 5.30. The van der Waals surface area contributed by atoms with Crippen LogP contribution in [0.2, 0.25) is 5.02 Å². The number of barbiturate groups is 1. The summed E-state index contributed by atoms with van der Waals surface area (Å²) < 4.78 is 1.73. The molecule has 0 aromatic heterocycles. The smallest absolute Gasteiger partial charge is 0.276 e. The summed E-state index contributed by atoms with van der Waals surface area (Å²) in [5, 5.41) is 2.54. The molecule has 2 aromatic carbocycles. The minimum atomic E-state index is -1.23. The second-order valence-corrected chi connectivity index (χ2v) is 7.86. The van der Waals surface area contributed by atoms with Gasteiger partial charge in [-0.15, -0.1) is 0 Å². The lowest BCUT2D eigenvalue weighted by Gasteiger charge is -2.28. The summed E-state index contributed by atoms with van der Waals surface area (Å²) in [5.41, 5.74) is 0.786. The predicted molar refractivity (Wildman–Crippen MR) is 111 cm³/mol. The topological polar surface area (TPSA) is 78.8 Å². The lowest BCUT2D eigenvalue weighted by molar-refractivity contribution is -0.131. The number of aliphatic imine (C=N–C) groups is 1. The SMILES string of the molecule is O=C1NC(=O)N(c2ccc(I)cc2)C(=O)[C@H]1C=Nc1ccc(Br)cc1Cl. The van der Waals surface area contributed by atoms with Gasteiger partial charge >= 0.3 is 6.03 Å². The Balaban J connectivity index is 1.90. The fraction of sp³-hybridized carbons (Fsp3) is 0.0588. The monoisotopic (exact) mass is 545 g/mol. The van der Waals surface area contributed by atoms with Crippen LogP contribution < -0.4 is 10.2 Å². The van der Waals surface area contributed by atoms with E-state index in [9.17, 15) is 14.4 Å². The van der Waals surface area contributed by atoms with Gasteiger partial charge in [0.2, 0.25) is 5.91 Å². The Morgan fingerprint density at radius 3 is 2.50 bits per heavy atom. The van der Waals surface area contributed by atoms with Crippen LogP contribution in [0.4, 0.5) is 16.2 Å². The Hall–Kier alpha value is -1.78. The van der Waals surface area contributed by atoms with E-state index < -0.39 is 23.8 Å². The van der Waals surface area contributed by atoms with Crippen LogP contribution in [0, 0.1) is 9.49 Å². The Bertz CT molecular complexity index is 933. The van der Waals surface area contributed by atoms with E-state index in [4.69, 9.17) is 11.6 Å². The molecule has 1 saturated heterocycles. The third-order valence-corrected chi connectivity index (χ3v) is 5.07. The van der Waals surface area contributed by atoms with E-state index in [2.05, 4.69) is 48.8 Å². The molecule has 132 valence electrons. The van der Waals surface area contributed by atoms with Crippen LogP contribution in [0.15, 0.2) is 51.9 Å². The first-order chi connectivity index (χ1) is 12.4. The van der Waals surface area contributed by atoms with Crippen molar-refractivity contribution in [2.24, 2.45) is 10.9 Å². The van der Waals surface area contributed by atoms with Gasteiger partial charge in [-0.3, -0.25) is 19.9 Å². The van der Waals surface area contributed by atoms with Crippen LogP contribution >= 0.6 is 50.1 Å². The van der Waals surface area contributed by atoms with E-state index in [1.54, 1.807) is 42.5 Å². The molecule has 0 saturated carbocycles. The van der Waals surface area contributed by atoms with Gasteiger partial charge in [0.25, 0.3) is 5.91 Å². The highest BCUT2D eigenvalue weighted by atomic mass is 127. The normalized spacial score (nSPS) is 17.7. The van der Waals surface area contributed by atoms with E-state index in [0.717, 1.165) is 12.9 Å². The van der Waals surface area contributed by atoms with Crippen molar-refractivity contribution in [3.05, 3.63) is 55.5 Å². The van der Waals surface area contributed by atoms with E-state index in [0.29, 0.717) is 16.4 Å². The summed E-state index contributed by atoms with van der Waals surface area (Å²) in [7, 11) is 0. The van der Waals surface area contributed by atoms with Crippen LogP contribution in [0.1, 0.15) is 0 Å². The van der Waals surface area contributed by atoms with Gasteiger partial charge in [0, 0.05) is 14.3 Å². The first kappa shape index (κ1) is 19.0. The molecule has 1 aliphatic rings. The van der Waals surface area contributed by atoms with Crippen molar-refractivity contribution in [1.29, 1.82) is 0 Å². The summed E-state index contributed by atoms with van der Waals surface area (Å²) in [6.45, 7) is 0. The number of amides is 4. The van der Waals surface area contributed by atoms with Crippen LogP contribution in [0.5, 0.6) is 0 Å². The minimum Gasteiger partial charge on any atom is -0.276 e. The van der Waals surface area contributed by atoms with Crippen LogP contribution in [0.25, 0.3) is 0 Å². The Morgan fingerprint density at radius 2 is 1.85 bits per heavy atom. The van der Waals surface area contributed by atoms with Crippen molar-refractivity contribution >= 4 is 85.6 Å². The number of hydrogen-bond acceptors (Lipinski definition) is 4. The van der Waals surface area contributed by atoms with E-state index in [1.807, 2.05) is 0 Å². The number of anilines is 1. The molecule has 1 atom stereocenters. The predicted octanol–water partition coefficient (Wildman–Crippen LogP) is 4.31. The van der Waals surface area contributed by atoms with Gasteiger partial charge in [-0.25, -0.2) is 9.69 Å². The maximum atomic E-state index is 12.7. The van der Waals surface area contributed by atoms with E-state index >= 15 is 0 Å². The number of carbonyl (C=O) groups is 3. The molecule has 0 unspecified atom stereocenters. The van der Waals surface area contributed by atoms with Crippen molar-refractivity contribution in [1.82, 2.24) is 5.32 Å². The maximum Gasteiger partial charge on any atom is 0.335 e. The van der Waals surface area contributed by atoms with Gasteiger partial charge < -0.3 is 0 Å². The average molecular weight is 547 g/mol. The Morgan fingerprint density at radius 1 is 1.15 bits per heavy atom. The highest BCUT2D eigenvalue weighted by Gasteiger charge is 2.40. The van der Waals surface area contributed by atoms with Crippen molar-refractivity contribution in [3.8, 4) is 0 Å². The number of rotatable bonds is 3. The molecular weight excluding hydrogens is 536 g/mol. The fourth-order valence-corrected chi connectivity index (χ4v) is 3.38. The number of urea groups is 1. The lowest BCUT2D eigenvalue weighted by Crippen LogP contribution is -2.58. The molecule has 1 fully saturated rings. The fourth-order valence-electron chi connectivity index (χ4n) is 2.30. The van der Waals surface area contributed by atoms with Gasteiger partial charge in [0.15, 0.2) is 5.92 Å². The summed E-state index contributed by atoms with van der Waals surface area (Å²) in [5.74, 6) is -2.62. The number of imide groups is 2. The second kappa shape index (κ2) is 7.85. The molecular formula is C17H10BrClIN3O3. The summed E-state index contributed by atoms with van der Waals surface area (Å²) in [6, 6.07) is 11.0. The lowest BCUT2D eigenvalue weighted by atomic mass is 10.1. The van der Waals surface area contributed by atoms with Crippen LogP contribution in [-0.4, -0.2) is 24.1 Å². The van der Waals surface area contributed by atoms with Gasteiger partial charge in [0.05, 0.1) is 16.4 Å². The van der Waals surface area contributed by atoms with Crippen molar-refractivity contribution in [2.45, 2.75) is 0 Å². The van der Waals surface area contributed by atoms with Crippen molar-refractivity contribution < 1.29 is 14.4 Å². The molecule has 0 bridgehead atoms. The minimum absolute atomic E-state index is 0.366. The molecule has 0 spiro atoms. The molecule has 0 radical (unpaired) electrons. The quantitative estimate of drug-likeness (QED) is 0.354. The zero-order chi connectivity index (χ0) is 18.8. The molecule has 26 heavy (non-hydrogen) atoms. The number of carbonyl (C=O) groups excluding carboxylic acids is 3. The zero-order valence-corrected chi connectivity index (χ0v) is 17.4. The summed E-state index contributed by atoms with van der Waals surface area (Å²) in [4.78, 5) is 42.0. The molecule has 4 amide bonds. The molecule has 1 heterocycles. The first-order valence-electron chi connectivity index (χ1n) is 7.30. The van der Waals surface area contributed by atoms with Gasteiger partial charge in [-0.1, -0.05) is 27.5 Å². The highest BCUT2D eigenvalue weighted by Crippen LogP contribution is 2.28. The molecule has 1 N–H and O–H groups in total. The number of nitrogens with one attached hydrogen (secondary N) is 1. The summed E-state index contributed by atoms with van der Waals surface area (Å²) in [6.07, 6.45) is 1.19. The molecule has 2 aromatic rings. The van der Waals surface area contributed by atoms with Crippen LogP contribution in [0.3, 0.4) is 0 Å². The van der Waals surface area contributed by atoms with Gasteiger partial charge in [0.1, 0.15) is 0 Å². The number of benzene rings is 2. The van der Waals surface area contributed by atoms with Crippen molar-refractivity contribution in [3.63, 3.8) is 0 Å². The highest BCUT2D eigenvalue weighted by molar-refractivity contribution is 14.1. The van der Waals surface area contributed by atoms with E-state index in [1.165, 1.54) is 6.21 Å². The molecule has 3 rings (SSSR count).